The minimum absolute atomic E-state index is 0.0667. The van der Waals surface area contributed by atoms with Crippen molar-refractivity contribution in [2.24, 2.45) is 0 Å². The molecular weight excluding hydrogens is 312 g/mol. The normalized spacial score (nSPS) is 12.3. The van der Waals surface area contributed by atoms with Crippen molar-refractivity contribution in [3.63, 3.8) is 0 Å². The van der Waals surface area contributed by atoms with Crippen LogP contribution in [0.5, 0.6) is 5.75 Å². The zero-order valence-corrected chi connectivity index (χ0v) is 11.1. The molecule has 0 radical (unpaired) electrons. The topological polar surface area (TPSA) is 22.1 Å². The summed E-state index contributed by atoms with van der Waals surface area (Å²) >= 11 is 0. The van der Waals surface area contributed by atoms with Crippen LogP contribution in [0.2, 0.25) is 0 Å². The monoisotopic (exact) mass is 321 g/mol. The molecule has 0 aliphatic carbocycles. The Kier molecular flexibility index (Phi) is 4.04. The number of nitrogens with zero attached hydrogens (tertiary/aromatic N) is 1. The van der Waals surface area contributed by atoms with Crippen LogP contribution < -0.4 is 4.74 Å². The summed E-state index contributed by atoms with van der Waals surface area (Å²) in [6, 6.07) is 6.13. The number of alkyl halides is 6. The van der Waals surface area contributed by atoms with Gasteiger partial charge >= 0.3 is 12.4 Å². The molecule has 1 aromatic carbocycles. The first kappa shape index (κ1) is 16.1. The van der Waals surface area contributed by atoms with Gasteiger partial charge in [-0.2, -0.15) is 26.3 Å². The lowest BCUT2D eigenvalue weighted by Gasteiger charge is -2.13. The second-order valence-corrected chi connectivity index (χ2v) is 4.32. The summed E-state index contributed by atoms with van der Waals surface area (Å²) in [6.45, 7) is 0. The van der Waals surface area contributed by atoms with Gasteiger partial charge in [-0.15, -0.1) is 0 Å². The smallest absolute Gasteiger partial charge is 0.437 e. The third-order valence-corrected chi connectivity index (χ3v) is 2.83. The van der Waals surface area contributed by atoms with Crippen molar-refractivity contribution in [2.45, 2.75) is 12.4 Å². The Morgan fingerprint density at radius 2 is 1.59 bits per heavy atom. The Morgan fingerprint density at radius 3 is 2.14 bits per heavy atom. The van der Waals surface area contributed by atoms with Crippen molar-refractivity contribution >= 4 is 0 Å². The van der Waals surface area contributed by atoms with Gasteiger partial charge in [0.15, 0.2) is 5.69 Å². The summed E-state index contributed by atoms with van der Waals surface area (Å²) < 4.78 is 81.2. The van der Waals surface area contributed by atoms with Gasteiger partial charge in [0.1, 0.15) is 5.75 Å². The highest BCUT2D eigenvalue weighted by Crippen LogP contribution is 2.37. The Labute approximate surface area is 121 Å². The van der Waals surface area contributed by atoms with Crippen molar-refractivity contribution in [2.75, 3.05) is 7.11 Å². The van der Waals surface area contributed by atoms with Gasteiger partial charge in [-0.25, -0.2) is 4.98 Å². The molecule has 1 aromatic heterocycles. The first-order chi connectivity index (χ1) is 10.1. The zero-order chi connectivity index (χ0) is 16.5. The van der Waals surface area contributed by atoms with Gasteiger partial charge in [0.05, 0.1) is 18.4 Å². The molecule has 0 N–H and O–H groups in total. The molecule has 0 aliphatic rings. The summed E-state index contributed by atoms with van der Waals surface area (Å²) in [7, 11) is 1.05. The molecule has 118 valence electrons. The maximum atomic E-state index is 12.9. The van der Waals surface area contributed by atoms with Gasteiger partial charge in [0, 0.05) is 5.56 Å². The second-order valence-electron chi connectivity index (χ2n) is 4.32. The van der Waals surface area contributed by atoms with E-state index in [1.165, 1.54) is 12.1 Å². The SMILES string of the molecule is COc1ccc(-c2cccc(C(F)(F)F)c2)nc1C(F)(F)F. The lowest BCUT2D eigenvalue weighted by molar-refractivity contribution is -0.142. The Bertz CT molecular complexity index is 678. The average molecular weight is 321 g/mol. The van der Waals surface area contributed by atoms with E-state index in [0.717, 1.165) is 31.4 Å². The molecule has 22 heavy (non-hydrogen) atoms. The molecule has 2 rings (SSSR count). The van der Waals surface area contributed by atoms with Crippen molar-refractivity contribution in [3.8, 4) is 17.0 Å². The van der Waals surface area contributed by atoms with Crippen LogP contribution in [0.1, 0.15) is 11.3 Å². The van der Waals surface area contributed by atoms with E-state index in [0.29, 0.717) is 0 Å². The summed E-state index contributed by atoms with van der Waals surface area (Å²) in [5, 5.41) is 0. The van der Waals surface area contributed by atoms with Gasteiger partial charge < -0.3 is 4.74 Å². The maximum absolute atomic E-state index is 12.9. The molecule has 0 saturated carbocycles. The van der Waals surface area contributed by atoms with E-state index in [4.69, 9.17) is 0 Å². The van der Waals surface area contributed by atoms with E-state index in [2.05, 4.69) is 9.72 Å². The number of hydrogen-bond donors (Lipinski definition) is 0. The van der Waals surface area contributed by atoms with Crippen LogP contribution in [0.15, 0.2) is 36.4 Å². The fourth-order valence-electron chi connectivity index (χ4n) is 1.83. The third kappa shape index (κ3) is 3.32. The zero-order valence-electron chi connectivity index (χ0n) is 11.1. The number of halogens is 6. The molecule has 1 heterocycles. The lowest BCUT2D eigenvalue weighted by atomic mass is 10.1. The molecule has 0 spiro atoms. The first-order valence-corrected chi connectivity index (χ1v) is 5.93. The van der Waals surface area contributed by atoms with Gasteiger partial charge in [-0.3, -0.25) is 0 Å². The third-order valence-electron chi connectivity index (χ3n) is 2.83. The largest absolute Gasteiger partial charge is 0.494 e. The molecule has 0 atom stereocenters. The fraction of sp³-hybridized carbons (Fsp3) is 0.214. The summed E-state index contributed by atoms with van der Waals surface area (Å²) in [5.74, 6) is -0.497. The fourth-order valence-corrected chi connectivity index (χ4v) is 1.83. The first-order valence-electron chi connectivity index (χ1n) is 5.93. The van der Waals surface area contributed by atoms with Crippen LogP contribution in [0, 0.1) is 0 Å². The quantitative estimate of drug-likeness (QED) is 0.742. The van der Waals surface area contributed by atoms with E-state index >= 15 is 0 Å². The minimum atomic E-state index is -4.77. The molecule has 0 amide bonds. The van der Waals surface area contributed by atoms with Crippen molar-refractivity contribution in [3.05, 3.63) is 47.7 Å². The maximum Gasteiger partial charge on any atom is 0.437 e. The Hall–Kier alpha value is -2.25. The number of rotatable bonds is 2. The van der Waals surface area contributed by atoms with E-state index in [-0.39, 0.29) is 11.3 Å². The van der Waals surface area contributed by atoms with Gasteiger partial charge in [0.25, 0.3) is 0 Å². The predicted octanol–water partition coefficient (Wildman–Crippen LogP) is 4.79. The minimum Gasteiger partial charge on any atom is -0.494 e. The number of aromatic nitrogens is 1. The number of pyridine rings is 1. The summed E-state index contributed by atoms with van der Waals surface area (Å²) in [6.07, 6.45) is -9.36. The van der Waals surface area contributed by atoms with Crippen LogP contribution in [-0.2, 0) is 12.4 Å². The molecule has 8 heteroatoms. The predicted molar refractivity (Wildman–Crippen MR) is 66.2 cm³/mol. The highest BCUT2D eigenvalue weighted by molar-refractivity contribution is 5.61. The standard InChI is InChI=1S/C14H9F6NO/c1-22-11-6-5-10(21-12(11)14(18,19)20)8-3-2-4-9(7-8)13(15,16)17/h2-7H,1H3. The van der Waals surface area contributed by atoms with Crippen molar-refractivity contribution in [1.29, 1.82) is 0 Å². The molecular formula is C14H9F6NO. The lowest BCUT2D eigenvalue weighted by Crippen LogP contribution is -2.11. The molecule has 2 aromatic rings. The van der Waals surface area contributed by atoms with Crippen LogP contribution in [0.4, 0.5) is 26.3 Å². The van der Waals surface area contributed by atoms with Crippen LogP contribution in [0.3, 0.4) is 0 Å². The molecule has 0 bridgehead atoms. The van der Waals surface area contributed by atoms with E-state index in [9.17, 15) is 26.3 Å². The Balaban J connectivity index is 2.55. The average Bonchev–Trinajstić information content (AvgIpc) is 2.45. The van der Waals surface area contributed by atoms with Crippen LogP contribution in [-0.4, -0.2) is 12.1 Å². The van der Waals surface area contributed by atoms with Gasteiger partial charge in [-0.1, -0.05) is 12.1 Å². The second kappa shape index (κ2) is 5.51. The van der Waals surface area contributed by atoms with Crippen LogP contribution in [0.25, 0.3) is 11.3 Å². The number of benzene rings is 1. The van der Waals surface area contributed by atoms with Crippen LogP contribution >= 0.6 is 0 Å². The van der Waals surface area contributed by atoms with E-state index in [1.54, 1.807) is 0 Å². The molecule has 0 unspecified atom stereocenters. The molecule has 0 saturated heterocycles. The van der Waals surface area contributed by atoms with Crippen molar-refractivity contribution < 1.29 is 31.1 Å². The highest BCUT2D eigenvalue weighted by atomic mass is 19.4. The van der Waals surface area contributed by atoms with Gasteiger partial charge in [-0.05, 0) is 24.3 Å². The molecule has 2 nitrogen and oxygen atoms in total. The number of methoxy groups -OCH3 is 1. The number of hydrogen-bond acceptors (Lipinski definition) is 2. The molecule has 0 fully saturated rings. The molecule has 0 aliphatic heterocycles. The highest BCUT2D eigenvalue weighted by Gasteiger charge is 2.37. The van der Waals surface area contributed by atoms with Gasteiger partial charge in [0.2, 0.25) is 0 Å². The van der Waals surface area contributed by atoms with E-state index in [1.807, 2.05) is 0 Å². The summed E-state index contributed by atoms with van der Waals surface area (Å²) in [5.41, 5.74) is -2.54. The number of ether oxygens (including phenoxy) is 1. The van der Waals surface area contributed by atoms with E-state index < -0.39 is 29.4 Å². The summed E-state index contributed by atoms with van der Waals surface area (Å²) in [4.78, 5) is 3.39. The Morgan fingerprint density at radius 1 is 0.909 bits per heavy atom. The van der Waals surface area contributed by atoms with Crippen molar-refractivity contribution in [1.82, 2.24) is 4.98 Å².